The van der Waals surface area contributed by atoms with Gasteiger partial charge in [-0.2, -0.15) is 0 Å². The minimum Gasteiger partial charge on any atom is -0.482 e. The zero-order valence-corrected chi connectivity index (χ0v) is 14.9. The van der Waals surface area contributed by atoms with Crippen molar-refractivity contribution in [2.75, 3.05) is 6.61 Å². The highest BCUT2D eigenvalue weighted by Gasteiger charge is 2.07. The predicted octanol–water partition coefficient (Wildman–Crippen LogP) is 2.85. The van der Waals surface area contributed by atoms with Gasteiger partial charge in [0.1, 0.15) is 5.75 Å². The zero-order chi connectivity index (χ0) is 17.5. The maximum atomic E-state index is 12.1. The Bertz CT molecular complexity index is 841. The summed E-state index contributed by atoms with van der Waals surface area (Å²) in [5.41, 5.74) is 1.05. The molecule has 0 spiro atoms. The molecule has 0 radical (unpaired) electrons. The molecule has 7 heteroatoms. The van der Waals surface area contributed by atoms with Crippen molar-refractivity contribution >= 4 is 40.8 Å². The van der Waals surface area contributed by atoms with Crippen molar-refractivity contribution in [1.29, 1.82) is 0 Å². The summed E-state index contributed by atoms with van der Waals surface area (Å²) in [6.07, 6.45) is 2.89. The number of aromatic amines is 1. The van der Waals surface area contributed by atoms with Gasteiger partial charge in [-0.1, -0.05) is 18.2 Å². The van der Waals surface area contributed by atoms with E-state index in [1.807, 2.05) is 0 Å². The standard InChI is InChI=1S/C17H14INO5/c1-11-5-7-14(17(22)19-11)15(20)8-6-12-3-2-4-13(9-12)23-10-16(21)24-18/h2-9H,10H2,1H3,(H,19,22)/b8-6+. The Hall–Kier alpha value is -2.42. The lowest BCUT2D eigenvalue weighted by Gasteiger charge is -2.04. The molecule has 0 atom stereocenters. The van der Waals surface area contributed by atoms with Gasteiger partial charge in [0.05, 0.1) is 5.56 Å². The quantitative estimate of drug-likeness (QED) is 0.425. The van der Waals surface area contributed by atoms with Crippen molar-refractivity contribution in [3.63, 3.8) is 0 Å². The van der Waals surface area contributed by atoms with Crippen LogP contribution in [0.3, 0.4) is 0 Å². The van der Waals surface area contributed by atoms with Crippen LogP contribution in [0.5, 0.6) is 5.75 Å². The molecule has 0 aliphatic heterocycles. The van der Waals surface area contributed by atoms with E-state index in [9.17, 15) is 14.4 Å². The minimum absolute atomic E-state index is 0.0778. The summed E-state index contributed by atoms with van der Waals surface area (Å²) < 4.78 is 9.73. The molecule has 0 saturated carbocycles. The van der Waals surface area contributed by atoms with Crippen molar-refractivity contribution in [1.82, 2.24) is 4.98 Å². The maximum absolute atomic E-state index is 12.1. The Balaban J connectivity index is 2.09. The molecule has 1 aromatic heterocycles. The molecule has 0 aliphatic rings. The molecule has 1 heterocycles. The number of carbonyl (C=O) groups excluding carboxylic acids is 2. The van der Waals surface area contributed by atoms with Crippen LogP contribution < -0.4 is 10.3 Å². The molecule has 0 bridgehead atoms. The van der Waals surface area contributed by atoms with Crippen LogP contribution >= 0.6 is 23.0 Å². The van der Waals surface area contributed by atoms with Gasteiger partial charge in [-0.3, -0.25) is 9.59 Å². The average Bonchev–Trinajstić information content (AvgIpc) is 2.58. The molecular weight excluding hydrogens is 425 g/mol. The third-order valence-corrected chi connectivity index (χ3v) is 3.54. The first-order valence-corrected chi connectivity index (χ1v) is 7.84. The molecule has 0 fully saturated rings. The number of H-pyrrole nitrogens is 1. The van der Waals surface area contributed by atoms with E-state index in [1.165, 1.54) is 35.1 Å². The Morgan fingerprint density at radius 3 is 2.75 bits per heavy atom. The fourth-order valence-corrected chi connectivity index (χ4v) is 2.03. The molecule has 2 aromatic rings. The number of ketones is 1. The largest absolute Gasteiger partial charge is 0.482 e. The first-order chi connectivity index (χ1) is 11.5. The first kappa shape index (κ1) is 17.9. The normalized spacial score (nSPS) is 10.6. The van der Waals surface area contributed by atoms with Crippen LogP contribution in [0.4, 0.5) is 0 Å². The molecular formula is C17H14INO5. The molecule has 24 heavy (non-hydrogen) atoms. The highest BCUT2D eigenvalue weighted by Crippen LogP contribution is 2.15. The number of carbonyl (C=O) groups is 2. The van der Waals surface area contributed by atoms with E-state index in [4.69, 9.17) is 4.74 Å². The van der Waals surface area contributed by atoms with E-state index in [0.717, 1.165) is 0 Å². The lowest BCUT2D eigenvalue weighted by molar-refractivity contribution is -0.133. The molecule has 1 N–H and O–H groups in total. The first-order valence-electron chi connectivity index (χ1n) is 6.96. The number of allylic oxidation sites excluding steroid dienone is 1. The molecule has 0 unspecified atom stereocenters. The van der Waals surface area contributed by atoms with Gasteiger partial charge >= 0.3 is 5.97 Å². The van der Waals surface area contributed by atoms with Crippen molar-refractivity contribution < 1.29 is 17.4 Å². The van der Waals surface area contributed by atoms with Crippen LogP contribution in [0.15, 0.2) is 47.3 Å². The molecule has 6 nitrogen and oxygen atoms in total. The number of aromatic nitrogens is 1. The number of aryl methyl sites for hydroxylation is 1. The maximum Gasteiger partial charge on any atom is 0.353 e. The van der Waals surface area contributed by atoms with Gasteiger partial charge in [-0.25, -0.2) is 4.79 Å². The number of pyridine rings is 1. The molecule has 124 valence electrons. The lowest BCUT2D eigenvalue weighted by Crippen LogP contribution is -2.16. The topological polar surface area (TPSA) is 85.5 Å². The summed E-state index contributed by atoms with van der Waals surface area (Å²) in [6.45, 7) is 1.54. The summed E-state index contributed by atoms with van der Waals surface area (Å²) in [5, 5.41) is 0. The lowest BCUT2D eigenvalue weighted by atomic mass is 10.1. The summed E-state index contributed by atoms with van der Waals surface area (Å²) in [6, 6.07) is 10.0. The Morgan fingerprint density at radius 2 is 2.04 bits per heavy atom. The second-order valence-electron chi connectivity index (χ2n) is 4.89. The molecule has 1 aromatic carbocycles. The summed E-state index contributed by atoms with van der Waals surface area (Å²) in [5.74, 6) is -0.416. The van der Waals surface area contributed by atoms with Crippen molar-refractivity contribution in [3.8, 4) is 5.75 Å². The molecule has 0 aliphatic carbocycles. The fourth-order valence-electron chi connectivity index (χ4n) is 1.90. The van der Waals surface area contributed by atoms with Crippen molar-refractivity contribution in [2.45, 2.75) is 6.92 Å². The van der Waals surface area contributed by atoms with Crippen molar-refractivity contribution in [3.05, 3.63) is 69.6 Å². The van der Waals surface area contributed by atoms with Gasteiger partial charge in [-0.15, -0.1) is 0 Å². The third-order valence-electron chi connectivity index (χ3n) is 3.05. The van der Waals surface area contributed by atoms with E-state index in [1.54, 1.807) is 43.3 Å². The summed E-state index contributed by atoms with van der Waals surface area (Å²) in [4.78, 5) is 37.5. The number of rotatable bonds is 6. The SMILES string of the molecule is Cc1ccc(C(=O)/C=C/c2cccc(OCC(=O)OI)c2)c(=O)[nH]1. The minimum atomic E-state index is -0.495. The van der Waals surface area contributed by atoms with E-state index >= 15 is 0 Å². The predicted molar refractivity (Wildman–Crippen MR) is 97.2 cm³/mol. The number of halogens is 1. The second kappa shape index (κ2) is 8.44. The number of nitrogens with one attached hydrogen (secondary N) is 1. The van der Waals surface area contributed by atoms with Crippen LogP contribution in [0.2, 0.25) is 0 Å². The zero-order valence-electron chi connectivity index (χ0n) is 12.7. The monoisotopic (exact) mass is 439 g/mol. The highest BCUT2D eigenvalue weighted by molar-refractivity contribution is 14.1. The Kier molecular flexibility index (Phi) is 6.30. The van der Waals surface area contributed by atoms with Crippen LogP contribution in [0.25, 0.3) is 6.08 Å². The Morgan fingerprint density at radius 1 is 1.25 bits per heavy atom. The van der Waals surface area contributed by atoms with Gasteiger partial charge in [0.15, 0.2) is 35.4 Å². The van der Waals surface area contributed by atoms with Gasteiger partial charge in [-0.05, 0) is 42.8 Å². The molecule has 0 saturated heterocycles. The number of hydrogen-bond acceptors (Lipinski definition) is 5. The van der Waals surface area contributed by atoms with E-state index in [0.29, 0.717) is 17.0 Å². The van der Waals surface area contributed by atoms with Gasteiger partial charge in [0.2, 0.25) is 0 Å². The van der Waals surface area contributed by atoms with E-state index in [-0.39, 0.29) is 12.2 Å². The van der Waals surface area contributed by atoms with Crippen LogP contribution in [0.1, 0.15) is 21.6 Å². The smallest absolute Gasteiger partial charge is 0.353 e. The van der Waals surface area contributed by atoms with Crippen LogP contribution in [-0.2, 0) is 7.86 Å². The van der Waals surface area contributed by atoms with Gasteiger partial charge in [0, 0.05) is 5.69 Å². The third kappa shape index (κ3) is 5.05. The van der Waals surface area contributed by atoms with Crippen LogP contribution in [0, 0.1) is 6.92 Å². The van der Waals surface area contributed by atoms with Crippen LogP contribution in [-0.4, -0.2) is 23.3 Å². The summed E-state index contributed by atoms with van der Waals surface area (Å²) >= 11 is 1.49. The average molecular weight is 439 g/mol. The molecule has 2 rings (SSSR count). The summed E-state index contributed by atoms with van der Waals surface area (Å²) in [7, 11) is 0. The van der Waals surface area contributed by atoms with Gasteiger partial charge < -0.3 is 12.8 Å². The van der Waals surface area contributed by atoms with Crippen molar-refractivity contribution in [2.24, 2.45) is 0 Å². The number of benzene rings is 1. The number of hydrogen-bond donors (Lipinski definition) is 1. The highest BCUT2D eigenvalue weighted by atomic mass is 127. The fraction of sp³-hybridized carbons (Fsp3) is 0.118. The van der Waals surface area contributed by atoms with E-state index < -0.39 is 17.3 Å². The second-order valence-corrected chi connectivity index (χ2v) is 5.33. The van der Waals surface area contributed by atoms with Gasteiger partial charge in [0.25, 0.3) is 5.56 Å². The van der Waals surface area contributed by atoms with E-state index in [2.05, 4.69) is 8.05 Å². The number of ether oxygens (including phenoxy) is 1. The molecule has 0 amide bonds. The Labute approximate surface area is 152 Å².